The van der Waals surface area contributed by atoms with Crippen molar-refractivity contribution in [2.75, 3.05) is 0 Å². The van der Waals surface area contributed by atoms with Crippen LogP contribution in [0.25, 0.3) is 11.0 Å². The van der Waals surface area contributed by atoms with Gasteiger partial charge in [-0.15, -0.1) is 0 Å². The van der Waals surface area contributed by atoms with E-state index >= 15 is 0 Å². The molecule has 9 heteroatoms. The second-order valence-electron chi connectivity index (χ2n) is 7.06. The number of fused-ring (bicyclic) bond motifs is 1. The molecule has 0 saturated carbocycles. The summed E-state index contributed by atoms with van der Waals surface area (Å²) in [5, 5.41) is 20.6. The lowest BCUT2D eigenvalue weighted by Gasteiger charge is -2.20. The number of Topliss-reactive ketones (excluding diaryl/α,β-unsaturated/α-hetero) is 1. The van der Waals surface area contributed by atoms with E-state index in [1.54, 1.807) is 36.9 Å². The van der Waals surface area contributed by atoms with Crippen LogP contribution in [0.1, 0.15) is 32.3 Å². The number of rotatable bonds is 10. The molecule has 0 aromatic carbocycles. The van der Waals surface area contributed by atoms with Crippen LogP contribution in [0.15, 0.2) is 24.5 Å². The summed E-state index contributed by atoms with van der Waals surface area (Å²) in [6, 6.07) is 2.54. The summed E-state index contributed by atoms with van der Waals surface area (Å²) in [6.07, 6.45) is 2.26. The van der Waals surface area contributed by atoms with E-state index < -0.39 is 35.9 Å². The lowest BCUT2D eigenvalue weighted by atomic mass is 10.1. The standard InChI is InChI=1S/C20H26N4O5/c1-12(2)29-20(28)16(7-6-14(25)10-21)23-19(27)17(26)9-13-11-24(3)18-15(13)5-4-8-22-18/h4-5,8,10-12,16-17,21,26H,6-7,9H2,1-3H3,(H,23,27)/t16-,17-/m0/s1. The number of aliphatic hydroxyl groups excluding tert-OH is 1. The van der Waals surface area contributed by atoms with Crippen molar-refractivity contribution in [2.24, 2.45) is 7.05 Å². The van der Waals surface area contributed by atoms with Crippen molar-refractivity contribution in [3.63, 3.8) is 0 Å². The monoisotopic (exact) mass is 402 g/mol. The van der Waals surface area contributed by atoms with Gasteiger partial charge in [-0.25, -0.2) is 9.78 Å². The molecule has 29 heavy (non-hydrogen) atoms. The van der Waals surface area contributed by atoms with Gasteiger partial charge in [0.1, 0.15) is 17.8 Å². The second kappa shape index (κ2) is 9.92. The zero-order valence-corrected chi connectivity index (χ0v) is 16.7. The van der Waals surface area contributed by atoms with E-state index in [2.05, 4.69) is 10.3 Å². The number of aromatic nitrogens is 2. The van der Waals surface area contributed by atoms with Crippen molar-refractivity contribution >= 4 is 34.9 Å². The molecule has 0 fully saturated rings. The molecule has 0 spiro atoms. The van der Waals surface area contributed by atoms with Gasteiger partial charge in [0.2, 0.25) is 5.91 Å². The number of aliphatic hydroxyl groups is 1. The molecule has 0 aliphatic heterocycles. The Kier molecular flexibility index (Phi) is 7.60. The molecule has 0 saturated heterocycles. The number of carbonyl (C=O) groups excluding carboxylic acids is 3. The molecular weight excluding hydrogens is 376 g/mol. The Hall–Kier alpha value is -3.07. The first-order valence-corrected chi connectivity index (χ1v) is 9.34. The molecular formula is C20H26N4O5. The number of pyridine rings is 1. The van der Waals surface area contributed by atoms with Crippen molar-refractivity contribution < 1.29 is 24.2 Å². The maximum Gasteiger partial charge on any atom is 0.328 e. The quantitative estimate of drug-likeness (QED) is 0.399. The van der Waals surface area contributed by atoms with Crippen LogP contribution in [0.5, 0.6) is 0 Å². The Labute approximate surface area is 168 Å². The molecule has 2 heterocycles. The molecule has 2 aromatic heterocycles. The fourth-order valence-corrected chi connectivity index (χ4v) is 2.95. The van der Waals surface area contributed by atoms with Gasteiger partial charge in [-0.1, -0.05) is 0 Å². The topological polar surface area (TPSA) is 134 Å². The highest BCUT2D eigenvalue weighted by molar-refractivity contribution is 6.26. The molecule has 0 aliphatic carbocycles. The van der Waals surface area contributed by atoms with Gasteiger partial charge in [0.05, 0.1) is 12.3 Å². The summed E-state index contributed by atoms with van der Waals surface area (Å²) in [7, 11) is 1.82. The summed E-state index contributed by atoms with van der Waals surface area (Å²) >= 11 is 0. The third-order valence-electron chi connectivity index (χ3n) is 4.33. The van der Waals surface area contributed by atoms with E-state index in [1.807, 2.05) is 13.1 Å². The molecule has 3 N–H and O–H groups in total. The second-order valence-corrected chi connectivity index (χ2v) is 7.06. The van der Waals surface area contributed by atoms with Gasteiger partial charge in [-0.2, -0.15) is 0 Å². The fraction of sp³-hybridized carbons (Fsp3) is 0.450. The number of esters is 1. The van der Waals surface area contributed by atoms with Gasteiger partial charge in [0.25, 0.3) is 0 Å². The van der Waals surface area contributed by atoms with Gasteiger partial charge in [0.15, 0.2) is 5.78 Å². The van der Waals surface area contributed by atoms with E-state index in [0.717, 1.165) is 16.6 Å². The van der Waals surface area contributed by atoms with Gasteiger partial charge < -0.3 is 25.1 Å². The third kappa shape index (κ3) is 5.95. The maximum atomic E-state index is 12.5. The van der Waals surface area contributed by atoms with Crippen LogP contribution in [0.2, 0.25) is 0 Å². The van der Waals surface area contributed by atoms with Crippen LogP contribution in [0.3, 0.4) is 0 Å². The van der Waals surface area contributed by atoms with Crippen molar-refractivity contribution in [1.82, 2.24) is 14.9 Å². The number of hydrogen-bond acceptors (Lipinski definition) is 7. The molecule has 0 bridgehead atoms. The van der Waals surface area contributed by atoms with Crippen LogP contribution >= 0.6 is 0 Å². The average Bonchev–Trinajstić information content (AvgIpc) is 2.99. The van der Waals surface area contributed by atoms with E-state index in [-0.39, 0.29) is 19.3 Å². The Balaban J connectivity index is 2.08. The number of carbonyl (C=O) groups is 3. The van der Waals surface area contributed by atoms with Crippen LogP contribution < -0.4 is 5.32 Å². The van der Waals surface area contributed by atoms with Crippen molar-refractivity contribution in [2.45, 2.75) is 51.4 Å². The molecule has 9 nitrogen and oxygen atoms in total. The van der Waals surface area contributed by atoms with Crippen LogP contribution in [0.4, 0.5) is 0 Å². The van der Waals surface area contributed by atoms with Crippen molar-refractivity contribution in [3.8, 4) is 0 Å². The predicted octanol–water partition coefficient (Wildman–Crippen LogP) is 0.912. The summed E-state index contributed by atoms with van der Waals surface area (Å²) in [6.45, 7) is 3.34. The van der Waals surface area contributed by atoms with Crippen LogP contribution in [-0.2, 0) is 32.6 Å². The van der Waals surface area contributed by atoms with E-state index in [9.17, 15) is 19.5 Å². The first kappa shape index (κ1) is 22.2. The third-order valence-corrected chi connectivity index (χ3v) is 4.33. The maximum absolute atomic E-state index is 12.5. The number of ketones is 1. The van der Waals surface area contributed by atoms with E-state index in [4.69, 9.17) is 10.1 Å². The molecule has 2 aromatic rings. The minimum atomic E-state index is -1.39. The molecule has 0 aliphatic rings. The zero-order chi connectivity index (χ0) is 21.6. The van der Waals surface area contributed by atoms with E-state index in [1.165, 1.54) is 0 Å². The predicted molar refractivity (Wildman–Crippen MR) is 107 cm³/mol. The largest absolute Gasteiger partial charge is 0.461 e. The lowest BCUT2D eigenvalue weighted by Crippen LogP contribution is -2.47. The molecule has 156 valence electrons. The Morgan fingerprint density at radius 1 is 1.38 bits per heavy atom. The van der Waals surface area contributed by atoms with Gasteiger partial charge in [-0.05, 0) is 38.0 Å². The average molecular weight is 402 g/mol. The van der Waals surface area contributed by atoms with Gasteiger partial charge in [0, 0.05) is 37.7 Å². The summed E-state index contributed by atoms with van der Waals surface area (Å²) in [4.78, 5) is 40.4. The highest BCUT2D eigenvalue weighted by Gasteiger charge is 2.27. The van der Waals surface area contributed by atoms with Crippen molar-refractivity contribution in [1.29, 1.82) is 5.41 Å². The van der Waals surface area contributed by atoms with Gasteiger partial charge >= 0.3 is 5.97 Å². The Morgan fingerprint density at radius 2 is 2.10 bits per heavy atom. The minimum absolute atomic E-state index is 0.0174. The van der Waals surface area contributed by atoms with Crippen molar-refractivity contribution in [3.05, 3.63) is 30.1 Å². The van der Waals surface area contributed by atoms with Gasteiger partial charge in [-0.3, -0.25) is 9.59 Å². The minimum Gasteiger partial charge on any atom is -0.461 e. The number of amides is 1. The highest BCUT2D eigenvalue weighted by Crippen LogP contribution is 2.19. The number of nitrogens with zero attached hydrogens (tertiary/aromatic N) is 2. The molecule has 0 unspecified atom stereocenters. The zero-order valence-electron chi connectivity index (χ0n) is 16.7. The summed E-state index contributed by atoms with van der Waals surface area (Å²) in [5.74, 6) is -1.89. The number of ether oxygens (including phenoxy) is 1. The van der Waals surface area contributed by atoms with Crippen LogP contribution in [0, 0.1) is 5.41 Å². The highest BCUT2D eigenvalue weighted by atomic mass is 16.5. The van der Waals surface area contributed by atoms with E-state index in [0.29, 0.717) is 6.21 Å². The number of aryl methyl sites for hydroxylation is 1. The molecule has 1 amide bonds. The number of hydrogen-bond donors (Lipinski definition) is 3. The number of nitrogens with one attached hydrogen (secondary N) is 2. The van der Waals surface area contributed by atoms with Crippen LogP contribution in [-0.4, -0.2) is 56.8 Å². The first-order valence-electron chi connectivity index (χ1n) is 9.34. The normalized spacial score (nSPS) is 13.1. The SMILES string of the molecule is CC(C)OC(=O)[C@H](CCC(=O)C=N)NC(=O)[C@@H](O)Cc1cn(C)c2ncccc12. The molecule has 2 rings (SSSR count). The summed E-state index contributed by atoms with van der Waals surface area (Å²) in [5.41, 5.74) is 1.48. The lowest BCUT2D eigenvalue weighted by molar-refractivity contribution is -0.152. The Bertz CT molecular complexity index is 905. The fourth-order valence-electron chi connectivity index (χ4n) is 2.95. The molecule has 0 radical (unpaired) electrons. The Morgan fingerprint density at radius 3 is 2.76 bits per heavy atom. The smallest absolute Gasteiger partial charge is 0.328 e. The first-order chi connectivity index (χ1) is 13.7. The summed E-state index contributed by atoms with van der Waals surface area (Å²) < 4.78 is 6.93. The molecule has 2 atom stereocenters.